The summed E-state index contributed by atoms with van der Waals surface area (Å²) in [5, 5.41) is 18.9. The highest BCUT2D eigenvalue weighted by molar-refractivity contribution is 6.21. The maximum atomic E-state index is 9.38. The van der Waals surface area contributed by atoms with Gasteiger partial charge in [-0.25, -0.2) is 0 Å². The molecule has 0 radical (unpaired) electrons. The van der Waals surface area contributed by atoms with Crippen molar-refractivity contribution in [2.24, 2.45) is 0 Å². The fourth-order valence-corrected chi connectivity index (χ4v) is 3.75. The summed E-state index contributed by atoms with van der Waals surface area (Å²) in [6, 6.07) is 14.9. The first kappa shape index (κ1) is 14.3. The number of aromatic hydroxyl groups is 2. The minimum absolute atomic E-state index is 0.0992. The monoisotopic (exact) mass is 302 g/mol. The Balaban J connectivity index is 1.72. The smallest absolute Gasteiger partial charge is 0.115 e. The highest BCUT2D eigenvalue weighted by Gasteiger charge is 2.30. The molecule has 0 heterocycles. The lowest BCUT2D eigenvalue weighted by molar-refractivity contribution is 0.401. The number of hydrogen-bond donors (Lipinski definition) is 2. The average molecular weight is 303 g/mol. The van der Waals surface area contributed by atoms with Gasteiger partial charge < -0.3 is 10.2 Å². The van der Waals surface area contributed by atoms with Crippen LogP contribution >= 0.6 is 11.6 Å². The van der Waals surface area contributed by atoms with E-state index in [-0.39, 0.29) is 5.38 Å². The van der Waals surface area contributed by atoms with Crippen LogP contribution in [0.5, 0.6) is 11.5 Å². The summed E-state index contributed by atoms with van der Waals surface area (Å²) < 4.78 is 0. The molecule has 2 aromatic rings. The highest BCUT2D eigenvalue weighted by atomic mass is 35.5. The molecule has 3 heteroatoms. The normalized spacial score (nSPS) is 25.7. The molecule has 2 N–H and O–H groups in total. The van der Waals surface area contributed by atoms with E-state index < -0.39 is 0 Å². The zero-order chi connectivity index (χ0) is 14.8. The molecule has 1 saturated carbocycles. The minimum Gasteiger partial charge on any atom is -0.508 e. The van der Waals surface area contributed by atoms with Crippen LogP contribution in [0.3, 0.4) is 0 Å². The fourth-order valence-electron chi connectivity index (χ4n) is 3.26. The summed E-state index contributed by atoms with van der Waals surface area (Å²) in [5.74, 6) is 1.41. The summed E-state index contributed by atoms with van der Waals surface area (Å²) in [6.07, 6.45) is 3.09. The summed E-state index contributed by atoms with van der Waals surface area (Å²) >= 11 is 6.62. The predicted octanol–water partition coefficient (Wildman–Crippen LogP) is 4.76. The van der Waals surface area contributed by atoms with Gasteiger partial charge in [-0.2, -0.15) is 0 Å². The lowest BCUT2D eigenvalue weighted by Crippen LogP contribution is -2.22. The van der Waals surface area contributed by atoms with Crippen molar-refractivity contribution in [1.29, 1.82) is 0 Å². The van der Waals surface area contributed by atoms with Crippen LogP contribution in [0.25, 0.3) is 0 Å². The summed E-state index contributed by atoms with van der Waals surface area (Å²) in [4.78, 5) is 0. The lowest BCUT2D eigenvalue weighted by Gasteiger charge is -2.33. The van der Waals surface area contributed by atoms with Crippen LogP contribution in [-0.4, -0.2) is 15.6 Å². The maximum Gasteiger partial charge on any atom is 0.115 e. The molecule has 3 atom stereocenters. The molecule has 2 nitrogen and oxygen atoms in total. The Morgan fingerprint density at radius 2 is 1.29 bits per heavy atom. The van der Waals surface area contributed by atoms with Crippen LogP contribution in [0, 0.1) is 0 Å². The van der Waals surface area contributed by atoms with Gasteiger partial charge in [-0.05, 0) is 60.6 Å². The molecule has 110 valence electrons. The van der Waals surface area contributed by atoms with Gasteiger partial charge in [0.05, 0.1) is 0 Å². The van der Waals surface area contributed by atoms with Crippen molar-refractivity contribution < 1.29 is 10.2 Å². The SMILES string of the molecule is Oc1ccc(C2CCC(c3ccc(O)cc3)C(Cl)C2)cc1. The Morgan fingerprint density at radius 3 is 1.81 bits per heavy atom. The fraction of sp³-hybridized carbons (Fsp3) is 0.333. The van der Waals surface area contributed by atoms with E-state index in [2.05, 4.69) is 0 Å². The van der Waals surface area contributed by atoms with Crippen molar-refractivity contribution in [2.75, 3.05) is 0 Å². The molecular formula is C18H19ClO2. The zero-order valence-corrected chi connectivity index (χ0v) is 12.5. The Bertz CT molecular complexity index is 592. The molecule has 1 aliphatic rings. The highest BCUT2D eigenvalue weighted by Crippen LogP contribution is 2.43. The molecule has 1 aliphatic carbocycles. The van der Waals surface area contributed by atoms with E-state index in [1.807, 2.05) is 24.3 Å². The summed E-state index contributed by atoms with van der Waals surface area (Å²) in [7, 11) is 0. The van der Waals surface area contributed by atoms with Crippen LogP contribution in [0.1, 0.15) is 42.2 Å². The third kappa shape index (κ3) is 3.16. The van der Waals surface area contributed by atoms with E-state index in [1.54, 1.807) is 24.3 Å². The Kier molecular flexibility index (Phi) is 4.07. The maximum absolute atomic E-state index is 9.38. The number of halogens is 1. The van der Waals surface area contributed by atoms with Crippen LogP contribution in [0.15, 0.2) is 48.5 Å². The van der Waals surface area contributed by atoms with Gasteiger partial charge in [0.25, 0.3) is 0 Å². The lowest BCUT2D eigenvalue weighted by atomic mass is 9.76. The number of benzene rings is 2. The van der Waals surface area contributed by atoms with Gasteiger partial charge in [-0.1, -0.05) is 24.3 Å². The van der Waals surface area contributed by atoms with E-state index in [9.17, 15) is 10.2 Å². The van der Waals surface area contributed by atoms with E-state index in [1.165, 1.54) is 11.1 Å². The third-order valence-electron chi connectivity index (χ3n) is 4.46. The van der Waals surface area contributed by atoms with Crippen LogP contribution in [-0.2, 0) is 0 Å². The largest absolute Gasteiger partial charge is 0.508 e. The Morgan fingerprint density at radius 1 is 0.762 bits per heavy atom. The number of phenols is 2. The van der Waals surface area contributed by atoms with Gasteiger partial charge in [0, 0.05) is 11.3 Å². The molecule has 3 rings (SSSR count). The first-order valence-corrected chi connectivity index (χ1v) is 7.79. The summed E-state index contributed by atoms with van der Waals surface area (Å²) in [5.41, 5.74) is 2.46. The molecule has 0 amide bonds. The number of rotatable bonds is 2. The first-order chi connectivity index (χ1) is 10.1. The van der Waals surface area contributed by atoms with Gasteiger partial charge in [-0.3, -0.25) is 0 Å². The van der Waals surface area contributed by atoms with Crippen LogP contribution < -0.4 is 0 Å². The Hall–Kier alpha value is -1.67. The van der Waals surface area contributed by atoms with Crippen molar-refractivity contribution in [3.8, 4) is 11.5 Å². The number of alkyl halides is 1. The second-order valence-corrected chi connectivity index (χ2v) is 6.38. The molecule has 0 spiro atoms. The molecule has 21 heavy (non-hydrogen) atoms. The van der Waals surface area contributed by atoms with Crippen molar-refractivity contribution in [3.63, 3.8) is 0 Å². The number of phenolic OH excluding ortho intramolecular Hbond substituents is 2. The van der Waals surface area contributed by atoms with Crippen LogP contribution in [0.4, 0.5) is 0 Å². The molecule has 0 bridgehead atoms. The minimum atomic E-state index is 0.0992. The van der Waals surface area contributed by atoms with E-state index in [0.717, 1.165) is 19.3 Å². The average Bonchev–Trinajstić information content (AvgIpc) is 2.49. The van der Waals surface area contributed by atoms with Crippen LogP contribution in [0.2, 0.25) is 0 Å². The molecule has 0 aliphatic heterocycles. The standard InChI is InChI=1S/C18H19ClO2/c19-18-11-14(12-1-6-15(20)7-2-12)5-10-17(18)13-3-8-16(21)9-4-13/h1-4,6-9,14,17-18,20-21H,5,10-11H2. The van der Waals surface area contributed by atoms with Gasteiger partial charge >= 0.3 is 0 Å². The molecule has 0 saturated heterocycles. The van der Waals surface area contributed by atoms with Crippen molar-refractivity contribution in [1.82, 2.24) is 0 Å². The first-order valence-electron chi connectivity index (χ1n) is 7.35. The topological polar surface area (TPSA) is 40.5 Å². The predicted molar refractivity (Wildman–Crippen MR) is 85.2 cm³/mol. The van der Waals surface area contributed by atoms with Gasteiger partial charge in [-0.15, -0.1) is 11.6 Å². The zero-order valence-electron chi connectivity index (χ0n) is 11.7. The van der Waals surface area contributed by atoms with Gasteiger partial charge in [0.2, 0.25) is 0 Å². The second-order valence-electron chi connectivity index (χ2n) is 5.82. The van der Waals surface area contributed by atoms with E-state index >= 15 is 0 Å². The quantitative estimate of drug-likeness (QED) is 0.785. The van der Waals surface area contributed by atoms with Gasteiger partial charge in [0.15, 0.2) is 0 Å². The summed E-state index contributed by atoms with van der Waals surface area (Å²) in [6.45, 7) is 0. The molecule has 2 aromatic carbocycles. The molecule has 0 aromatic heterocycles. The molecular weight excluding hydrogens is 284 g/mol. The van der Waals surface area contributed by atoms with Gasteiger partial charge in [0.1, 0.15) is 11.5 Å². The van der Waals surface area contributed by atoms with E-state index in [4.69, 9.17) is 11.6 Å². The van der Waals surface area contributed by atoms with Crippen molar-refractivity contribution >= 4 is 11.6 Å². The third-order valence-corrected chi connectivity index (χ3v) is 4.94. The van der Waals surface area contributed by atoms with E-state index in [0.29, 0.717) is 23.3 Å². The Labute approximate surface area is 130 Å². The second kappa shape index (κ2) is 5.98. The number of hydrogen-bond acceptors (Lipinski definition) is 2. The molecule has 3 unspecified atom stereocenters. The van der Waals surface area contributed by atoms with Crippen molar-refractivity contribution in [2.45, 2.75) is 36.5 Å². The molecule has 1 fully saturated rings. The van der Waals surface area contributed by atoms with Crippen molar-refractivity contribution in [3.05, 3.63) is 59.7 Å².